The van der Waals surface area contributed by atoms with Crippen LogP contribution >= 0.6 is 23.2 Å². The highest BCUT2D eigenvalue weighted by atomic mass is 35.5. The summed E-state index contributed by atoms with van der Waals surface area (Å²) in [4.78, 5) is 13.1. The zero-order valence-electron chi connectivity index (χ0n) is 9.90. The van der Waals surface area contributed by atoms with Gasteiger partial charge in [0.15, 0.2) is 0 Å². The van der Waals surface area contributed by atoms with Gasteiger partial charge in [0.25, 0.3) is 0 Å². The Hall–Kier alpha value is -0.770. The number of rotatable bonds is 3. The number of benzene rings is 1. The number of carbonyl (C=O) groups is 1. The normalized spacial score (nSPS) is 20.9. The van der Waals surface area contributed by atoms with E-state index in [1.54, 1.807) is 6.07 Å². The molecular weight excluding hydrogens is 273 g/mol. The van der Waals surface area contributed by atoms with Gasteiger partial charge in [-0.25, -0.2) is 0 Å². The first-order valence-corrected chi connectivity index (χ1v) is 6.71. The van der Waals surface area contributed by atoms with E-state index in [-0.39, 0.29) is 5.92 Å². The van der Waals surface area contributed by atoms with Gasteiger partial charge in [0, 0.05) is 13.1 Å². The number of nitrogens with zero attached hydrogens (tertiary/aromatic N) is 1. The van der Waals surface area contributed by atoms with Gasteiger partial charge < -0.3 is 5.11 Å². The molecule has 1 aromatic rings. The minimum Gasteiger partial charge on any atom is -0.481 e. The van der Waals surface area contributed by atoms with Crippen LogP contribution < -0.4 is 0 Å². The highest BCUT2D eigenvalue weighted by Gasteiger charge is 2.25. The second-order valence-electron chi connectivity index (χ2n) is 4.63. The molecule has 0 spiro atoms. The molecule has 1 N–H and O–H groups in total. The average Bonchev–Trinajstić information content (AvgIpc) is 2.35. The number of piperidine rings is 1. The molecule has 1 atom stereocenters. The summed E-state index contributed by atoms with van der Waals surface area (Å²) < 4.78 is 0. The van der Waals surface area contributed by atoms with Crippen molar-refractivity contribution in [3.05, 3.63) is 33.8 Å². The number of hydrogen-bond acceptors (Lipinski definition) is 2. The molecule has 0 amide bonds. The monoisotopic (exact) mass is 287 g/mol. The highest BCUT2D eigenvalue weighted by Crippen LogP contribution is 2.27. The van der Waals surface area contributed by atoms with E-state index in [9.17, 15) is 4.79 Å². The molecule has 0 saturated carbocycles. The van der Waals surface area contributed by atoms with Crippen molar-refractivity contribution in [2.45, 2.75) is 19.4 Å². The fourth-order valence-corrected chi connectivity index (χ4v) is 2.69. The van der Waals surface area contributed by atoms with Gasteiger partial charge in [-0.3, -0.25) is 9.69 Å². The lowest BCUT2D eigenvalue weighted by molar-refractivity contribution is -0.143. The van der Waals surface area contributed by atoms with Crippen LogP contribution in [-0.4, -0.2) is 29.1 Å². The molecule has 1 unspecified atom stereocenters. The van der Waals surface area contributed by atoms with Crippen LogP contribution in [-0.2, 0) is 11.3 Å². The maximum absolute atomic E-state index is 11.0. The van der Waals surface area contributed by atoms with E-state index in [4.69, 9.17) is 28.3 Å². The first-order chi connectivity index (χ1) is 8.58. The van der Waals surface area contributed by atoms with Gasteiger partial charge in [0.1, 0.15) is 0 Å². The molecular formula is C13H15Cl2NO2. The lowest BCUT2D eigenvalue weighted by Gasteiger charge is -2.30. The quantitative estimate of drug-likeness (QED) is 0.927. The van der Waals surface area contributed by atoms with E-state index in [1.165, 1.54) is 0 Å². The Balaban J connectivity index is 2.05. The zero-order chi connectivity index (χ0) is 13.1. The third-order valence-electron chi connectivity index (χ3n) is 3.28. The summed E-state index contributed by atoms with van der Waals surface area (Å²) in [5.41, 5.74) is 0.954. The van der Waals surface area contributed by atoms with Crippen molar-refractivity contribution in [3.8, 4) is 0 Å². The Morgan fingerprint density at radius 2 is 2.22 bits per heavy atom. The summed E-state index contributed by atoms with van der Waals surface area (Å²) in [5, 5.41) is 10.2. The van der Waals surface area contributed by atoms with Crippen LogP contribution in [0.5, 0.6) is 0 Å². The third-order valence-corrected chi connectivity index (χ3v) is 4.14. The standard InChI is InChI=1S/C13H15Cl2NO2/c14-11-5-1-3-9(12(11)15)7-16-6-2-4-10(8-16)13(17)18/h1,3,5,10H,2,4,6-8H2,(H,17,18). The molecule has 1 aromatic carbocycles. The Morgan fingerprint density at radius 1 is 1.44 bits per heavy atom. The molecule has 5 heteroatoms. The Morgan fingerprint density at radius 3 is 2.94 bits per heavy atom. The highest BCUT2D eigenvalue weighted by molar-refractivity contribution is 6.42. The average molecular weight is 288 g/mol. The molecule has 0 aliphatic carbocycles. The Labute approximate surface area is 116 Å². The van der Waals surface area contributed by atoms with Crippen molar-refractivity contribution in [3.63, 3.8) is 0 Å². The molecule has 1 fully saturated rings. The fourth-order valence-electron chi connectivity index (χ4n) is 2.31. The van der Waals surface area contributed by atoms with Gasteiger partial charge in [0.2, 0.25) is 0 Å². The molecule has 1 aliphatic heterocycles. The van der Waals surface area contributed by atoms with Crippen LogP contribution in [0, 0.1) is 5.92 Å². The lowest BCUT2D eigenvalue weighted by atomic mass is 9.98. The predicted octanol–water partition coefficient (Wildman–Crippen LogP) is 3.29. The number of aliphatic carboxylic acids is 1. The minimum absolute atomic E-state index is 0.267. The van der Waals surface area contributed by atoms with Crippen molar-refractivity contribution in [1.29, 1.82) is 0 Å². The summed E-state index contributed by atoms with van der Waals surface area (Å²) in [6.45, 7) is 2.15. The molecule has 1 aliphatic rings. The maximum Gasteiger partial charge on any atom is 0.307 e. The van der Waals surface area contributed by atoms with Gasteiger partial charge in [0.05, 0.1) is 16.0 Å². The van der Waals surface area contributed by atoms with Gasteiger partial charge in [-0.05, 0) is 31.0 Å². The number of halogens is 2. The van der Waals surface area contributed by atoms with Gasteiger partial charge >= 0.3 is 5.97 Å². The van der Waals surface area contributed by atoms with E-state index >= 15 is 0 Å². The minimum atomic E-state index is -0.711. The number of hydrogen-bond donors (Lipinski definition) is 1. The molecule has 2 rings (SSSR count). The molecule has 98 valence electrons. The number of likely N-dealkylation sites (tertiary alicyclic amines) is 1. The smallest absolute Gasteiger partial charge is 0.307 e. The van der Waals surface area contributed by atoms with Crippen molar-refractivity contribution in [1.82, 2.24) is 4.90 Å². The van der Waals surface area contributed by atoms with Crippen LogP contribution in [0.25, 0.3) is 0 Å². The first kappa shape index (κ1) is 13.7. The van der Waals surface area contributed by atoms with Gasteiger partial charge in [-0.2, -0.15) is 0 Å². The van der Waals surface area contributed by atoms with E-state index in [0.29, 0.717) is 23.1 Å². The summed E-state index contributed by atoms with van der Waals surface area (Å²) in [5.74, 6) is -0.978. The van der Waals surface area contributed by atoms with Crippen molar-refractivity contribution in [2.24, 2.45) is 5.92 Å². The Bertz CT molecular complexity index is 451. The van der Waals surface area contributed by atoms with E-state index in [0.717, 1.165) is 24.9 Å². The Kier molecular flexibility index (Phi) is 4.49. The first-order valence-electron chi connectivity index (χ1n) is 5.96. The van der Waals surface area contributed by atoms with Gasteiger partial charge in [-0.1, -0.05) is 35.3 Å². The van der Waals surface area contributed by atoms with Crippen LogP contribution in [0.3, 0.4) is 0 Å². The SMILES string of the molecule is O=C(O)C1CCCN(Cc2cccc(Cl)c2Cl)C1. The number of carboxylic acid groups (broad SMARTS) is 1. The maximum atomic E-state index is 11.0. The van der Waals surface area contributed by atoms with Crippen LogP contribution in [0.1, 0.15) is 18.4 Å². The molecule has 0 bridgehead atoms. The van der Waals surface area contributed by atoms with Gasteiger partial charge in [-0.15, -0.1) is 0 Å². The van der Waals surface area contributed by atoms with Crippen molar-refractivity contribution < 1.29 is 9.90 Å². The van der Waals surface area contributed by atoms with Crippen LogP contribution in [0.15, 0.2) is 18.2 Å². The molecule has 18 heavy (non-hydrogen) atoms. The molecule has 1 saturated heterocycles. The van der Waals surface area contributed by atoms with E-state index in [2.05, 4.69) is 4.90 Å². The molecule has 0 radical (unpaired) electrons. The lowest BCUT2D eigenvalue weighted by Crippen LogP contribution is -2.38. The summed E-state index contributed by atoms with van der Waals surface area (Å²) in [6, 6.07) is 5.55. The summed E-state index contributed by atoms with van der Waals surface area (Å²) >= 11 is 12.1. The third kappa shape index (κ3) is 3.16. The topological polar surface area (TPSA) is 40.5 Å². The zero-order valence-corrected chi connectivity index (χ0v) is 11.4. The summed E-state index contributed by atoms with van der Waals surface area (Å²) in [7, 11) is 0. The molecule has 3 nitrogen and oxygen atoms in total. The number of carboxylic acids is 1. The molecule has 0 aromatic heterocycles. The van der Waals surface area contributed by atoms with E-state index < -0.39 is 5.97 Å². The predicted molar refractivity (Wildman–Crippen MR) is 72.1 cm³/mol. The largest absolute Gasteiger partial charge is 0.481 e. The van der Waals surface area contributed by atoms with Crippen molar-refractivity contribution >= 4 is 29.2 Å². The second kappa shape index (κ2) is 5.91. The second-order valence-corrected chi connectivity index (χ2v) is 5.41. The van der Waals surface area contributed by atoms with Crippen LogP contribution in [0.2, 0.25) is 10.0 Å². The van der Waals surface area contributed by atoms with E-state index in [1.807, 2.05) is 12.1 Å². The van der Waals surface area contributed by atoms with Crippen LogP contribution in [0.4, 0.5) is 0 Å². The molecule has 1 heterocycles. The van der Waals surface area contributed by atoms with Crippen molar-refractivity contribution in [2.75, 3.05) is 13.1 Å². The fraction of sp³-hybridized carbons (Fsp3) is 0.462. The summed E-state index contributed by atoms with van der Waals surface area (Å²) in [6.07, 6.45) is 1.67.